The number of hydrogen-bond donors (Lipinski definition) is 3. The maximum absolute atomic E-state index is 14.1. The summed E-state index contributed by atoms with van der Waals surface area (Å²) in [7, 11) is 0. The molecular weight excluding hydrogens is 502 g/mol. The van der Waals surface area contributed by atoms with E-state index < -0.39 is 22.6 Å². The predicted octanol–water partition coefficient (Wildman–Crippen LogP) is 3.83. The third-order valence-electron chi connectivity index (χ3n) is 8.37. The summed E-state index contributed by atoms with van der Waals surface area (Å²) < 4.78 is 4.91. The summed E-state index contributed by atoms with van der Waals surface area (Å²) in [5.41, 5.74) is 0.674. The third-order valence-corrected chi connectivity index (χ3v) is 10.4. The zero-order chi connectivity index (χ0) is 27.3. The number of carbonyl (C=O) groups is 3. The SMILES string of the molecule is CCCCNC(=O)C1N(CCCCCCO)C(=O)[C@@H]2[C@H](C(=O)Nc3ccc(OCC)cc3)[C@@H]3CC(C)C12S3. The van der Waals surface area contributed by atoms with E-state index in [1.807, 2.05) is 31.2 Å². The molecule has 1 spiro atoms. The van der Waals surface area contributed by atoms with Crippen molar-refractivity contribution in [1.29, 1.82) is 0 Å². The van der Waals surface area contributed by atoms with Crippen LogP contribution >= 0.6 is 11.8 Å². The molecule has 3 heterocycles. The molecule has 0 aromatic heterocycles. The second kappa shape index (κ2) is 12.7. The number of aliphatic hydroxyl groups excluding tert-OH is 1. The number of nitrogens with one attached hydrogen (secondary N) is 2. The summed E-state index contributed by atoms with van der Waals surface area (Å²) in [6, 6.07) is 6.73. The predicted molar refractivity (Wildman–Crippen MR) is 150 cm³/mol. The lowest BCUT2D eigenvalue weighted by Gasteiger charge is -2.38. The number of thioether (sulfide) groups is 1. The molecule has 4 rings (SSSR count). The van der Waals surface area contributed by atoms with E-state index in [0.717, 1.165) is 50.7 Å². The minimum atomic E-state index is -0.593. The van der Waals surface area contributed by atoms with Gasteiger partial charge in [0.15, 0.2) is 0 Å². The van der Waals surface area contributed by atoms with Crippen LogP contribution < -0.4 is 15.4 Å². The minimum absolute atomic E-state index is 0.0132. The molecule has 3 fully saturated rings. The zero-order valence-corrected chi connectivity index (χ0v) is 23.7. The van der Waals surface area contributed by atoms with E-state index in [0.29, 0.717) is 25.4 Å². The van der Waals surface area contributed by atoms with Crippen LogP contribution in [-0.2, 0) is 14.4 Å². The lowest BCUT2D eigenvalue weighted by Crippen LogP contribution is -2.56. The molecule has 3 aliphatic heterocycles. The summed E-state index contributed by atoms with van der Waals surface area (Å²) in [5.74, 6) is -0.375. The smallest absolute Gasteiger partial charge is 0.244 e. The van der Waals surface area contributed by atoms with Gasteiger partial charge in [0.25, 0.3) is 0 Å². The molecule has 3 unspecified atom stereocenters. The van der Waals surface area contributed by atoms with Gasteiger partial charge in [-0.05, 0) is 62.8 Å². The Bertz CT molecular complexity index is 989. The zero-order valence-electron chi connectivity index (χ0n) is 22.9. The first-order valence-corrected chi connectivity index (χ1v) is 15.2. The van der Waals surface area contributed by atoms with Crippen molar-refractivity contribution >= 4 is 35.2 Å². The molecule has 3 amide bonds. The van der Waals surface area contributed by atoms with Gasteiger partial charge in [-0.2, -0.15) is 0 Å². The number of rotatable bonds is 14. The molecule has 210 valence electrons. The van der Waals surface area contributed by atoms with Crippen molar-refractivity contribution in [3.8, 4) is 5.75 Å². The first-order valence-electron chi connectivity index (χ1n) is 14.3. The number of anilines is 1. The van der Waals surface area contributed by atoms with Crippen molar-refractivity contribution in [2.75, 3.05) is 31.6 Å². The van der Waals surface area contributed by atoms with Gasteiger partial charge in [0.1, 0.15) is 11.8 Å². The highest BCUT2D eigenvalue weighted by Crippen LogP contribution is 2.68. The summed E-state index contributed by atoms with van der Waals surface area (Å²) >= 11 is 1.71. The Kier molecular flexibility index (Phi) is 9.63. The van der Waals surface area contributed by atoms with Crippen LogP contribution in [0.2, 0.25) is 0 Å². The number of hydrogen-bond acceptors (Lipinski definition) is 6. The number of unbranched alkanes of at least 4 members (excludes halogenated alkanes) is 4. The molecule has 6 atom stereocenters. The second-order valence-corrected chi connectivity index (χ2v) is 12.4. The normalized spacial score (nSPS) is 29.4. The fourth-order valence-electron chi connectivity index (χ4n) is 6.62. The Labute approximate surface area is 230 Å². The number of ether oxygens (including phenoxy) is 1. The summed E-state index contributed by atoms with van der Waals surface area (Å²) in [4.78, 5) is 43.2. The molecule has 38 heavy (non-hydrogen) atoms. The summed E-state index contributed by atoms with van der Waals surface area (Å²) in [6.07, 6.45) is 5.98. The molecule has 3 N–H and O–H groups in total. The number of likely N-dealkylation sites (tertiary alicyclic amines) is 1. The fraction of sp³-hybridized carbons (Fsp3) is 0.690. The van der Waals surface area contributed by atoms with Crippen LogP contribution in [-0.4, -0.2) is 70.1 Å². The second-order valence-electron chi connectivity index (χ2n) is 10.8. The average molecular weight is 546 g/mol. The molecular formula is C29H43N3O5S. The fourth-order valence-corrected chi connectivity index (χ4v) is 9.04. The highest BCUT2D eigenvalue weighted by Gasteiger charge is 2.75. The van der Waals surface area contributed by atoms with Crippen LogP contribution in [0.25, 0.3) is 0 Å². The van der Waals surface area contributed by atoms with Crippen LogP contribution in [0.15, 0.2) is 24.3 Å². The number of carbonyl (C=O) groups excluding carboxylic acids is 3. The van der Waals surface area contributed by atoms with E-state index >= 15 is 0 Å². The van der Waals surface area contributed by atoms with Gasteiger partial charge in [0.05, 0.1) is 23.2 Å². The molecule has 0 saturated carbocycles. The van der Waals surface area contributed by atoms with Crippen LogP contribution in [0, 0.1) is 17.8 Å². The van der Waals surface area contributed by atoms with Gasteiger partial charge in [-0.3, -0.25) is 14.4 Å². The molecule has 1 aromatic rings. The lowest BCUT2D eigenvalue weighted by molar-refractivity contribution is -0.139. The van der Waals surface area contributed by atoms with Crippen molar-refractivity contribution in [2.24, 2.45) is 17.8 Å². The molecule has 3 saturated heterocycles. The van der Waals surface area contributed by atoms with Crippen molar-refractivity contribution in [1.82, 2.24) is 10.2 Å². The Morgan fingerprint density at radius 3 is 2.53 bits per heavy atom. The number of fused-ring (bicyclic) bond motifs is 1. The highest BCUT2D eigenvalue weighted by molar-refractivity contribution is 8.02. The van der Waals surface area contributed by atoms with Gasteiger partial charge in [-0.1, -0.05) is 33.1 Å². The van der Waals surface area contributed by atoms with E-state index in [1.54, 1.807) is 16.7 Å². The van der Waals surface area contributed by atoms with E-state index in [9.17, 15) is 14.4 Å². The van der Waals surface area contributed by atoms with Gasteiger partial charge in [-0.25, -0.2) is 0 Å². The number of benzene rings is 1. The topological polar surface area (TPSA) is 108 Å². The Hall–Kier alpha value is -2.26. The minimum Gasteiger partial charge on any atom is -0.494 e. The Morgan fingerprint density at radius 1 is 1.11 bits per heavy atom. The number of amides is 3. The largest absolute Gasteiger partial charge is 0.494 e. The van der Waals surface area contributed by atoms with Crippen LogP contribution in [0.1, 0.15) is 65.7 Å². The van der Waals surface area contributed by atoms with Gasteiger partial charge in [0, 0.05) is 30.6 Å². The summed E-state index contributed by atoms with van der Waals surface area (Å²) in [6.45, 7) is 7.98. The molecule has 8 nitrogen and oxygen atoms in total. The van der Waals surface area contributed by atoms with E-state index in [2.05, 4.69) is 24.5 Å². The molecule has 0 radical (unpaired) electrons. The first-order chi connectivity index (χ1) is 18.4. The number of aliphatic hydroxyl groups is 1. The maximum Gasteiger partial charge on any atom is 0.244 e. The quantitative estimate of drug-likeness (QED) is 0.307. The van der Waals surface area contributed by atoms with Crippen LogP contribution in [0.3, 0.4) is 0 Å². The van der Waals surface area contributed by atoms with Gasteiger partial charge >= 0.3 is 0 Å². The van der Waals surface area contributed by atoms with Crippen molar-refractivity contribution < 1.29 is 24.2 Å². The van der Waals surface area contributed by atoms with Crippen molar-refractivity contribution in [3.05, 3.63) is 24.3 Å². The lowest BCUT2D eigenvalue weighted by atomic mass is 9.66. The van der Waals surface area contributed by atoms with E-state index in [4.69, 9.17) is 9.84 Å². The molecule has 3 aliphatic rings. The first kappa shape index (κ1) is 28.7. The average Bonchev–Trinajstić information content (AvgIpc) is 3.49. The molecule has 1 aromatic carbocycles. The third kappa shape index (κ3) is 5.41. The van der Waals surface area contributed by atoms with Gasteiger partial charge in [0.2, 0.25) is 17.7 Å². The monoisotopic (exact) mass is 545 g/mol. The summed E-state index contributed by atoms with van der Waals surface area (Å²) in [5, 5.41) is 15.3. The Balaban J connectivity index is 1.57. The van der Waals surface area contributed by atoms with Crippen LogP contribution in [0.5, 0.6) is 5.75 Å². The van der Waals surface area contributed by atoms with E-state index in [1.165, 1.54) is 0 Å². The van der Waals surface area contributed by atoms with E-state index in [-0.39, 0.29) is 35.5 Å². The number of nitrogens with zero attached hydrogens (tertiary/aromatic N) is 1. The molecule has 2 bridgehead atoms. The Morgan fingerprint density at radius 2 is 1.84 bits per heavy atom. The molecule has 9 heteroatoms. The van der Waals surface area contributed by atoms with Gasteiger partial charge < -0.3 is 25.4 Å². The maximum atomic E-state index is 14.1. The van der Waals surface area contributed by atoms with Gasteiger partial charge in [-0.15, -0.1) is 11.8 Å². The van der Waals surface area contributed by atoms with Crippen molar-refractivity contribution in [3.63, 3.8) is 0 Å². The van der Waals surface area contributed by atoms with Crippen LogP contribution in [0.4, 0.5) is 5.69 Å². The van der Waals surface area contributed by atoms with Crippen molar-refractivity contribution in [2.45, 2.75) is 81.8 Å². The standard InChI is InChI=1S/C29H43N3O5S/c1-4-6-15-30-27(35)25-29-19(3)18-22(38-29)23(24(29)28(36)32(25)16-9-7-8-10-17-33)26(34)31-20-11-13-21(14-12-20)37-5-2/h11-14,19,22-25,33H,4-10,15-18H2,1-3H3,(H,30,35)(H,31,34)/t19?,22-,23+,24-,25?,29?/m0/s1. The molecule has 0 aliphatic carbocycles. The highest BCUT2D eigenvalue weighted by atomic mass is 32.2.